The van der Waals surface area contributed by atoms with Gasteiger partial charge in [0.1, 0.15) is 0 Å². The molecule has 4 aliphatic carbocycles. The number of amides is 1. The van der Waals surface area contributed by atoms with Gasteiger partial charge in [0.2, 0.25) is 5.91 Å². The lowest BCUT2D eigenvalue weighted by atomic mass is 9.43. The number of fused-ring (bicyclic) bond motifs is 6. The number of rotatable bonds is 4. The van der Waals surface area contributed by atoms with E-state index < -0.39 is 0 Å². The molecule has 204 valence electrons. The third kappa shape index (κ3) is 4.20. The summed E-state index contributed by atoms with van der Waals surface area (Å²) in [5, 5.41) is 22.1. The van der Waals surface area contributed by atoms with Gasteiger partial charge in [-0.15, -0.1) is 0 Å². The Kier molecular flexibility index (Phi) is 6.75. The van der Waals surface area contributed by atoms with Crippen LogP contribution in [0.5, 0.6) is 0 Å². The summed E-state index contributed by atoms with van der Waals surface area (Å²) in [7, 11) is 0. The molecule has 1 aliphatic heterocycles. The Balaban J connectivity index is 1.11. The van der Waals surface area contributed by atoms with Crippen LogP contribution in [0.15, 0.2) is 24.3 Å². The third-order valence-electron chi connectivity index (χ3n) is 12.8. The number of aliphatic hydroxyl groups excluding tert-OH is 2. The van der Waals surface area contributed by atoms with Gasteiger partial charge in [0.25, 0.3) is 0 Å². The number of carbonyl (C=O) groups excluding carboxylic acids is 1. The van der Waals surface area contributed by atoms with Crippen molar-refractivity contribution in [1.29, 1.82) is 0 Å². The predicted octanol–water partition coefficient (Wildman–Crippen LogP) is 5.98. The van der Waals surface area contributed by atoms with E-state index in [1.165, 1.54) is 36.8 Å². The molecule has 1 heterocycles. The highest BCUT2D eigenvalue weighted by Crippen LogP contribution is 2.68. The molecule has 0 radical (unpaired) electrons. The highest BCUT2D eigenvalue weighted by molar-refractivity contribution is 5.76. The van der Waals surface area contributed by atoms with Gasteiger partial charge >= 0.3 is 0 Å². The largest absolute Gasteiger partial charge is 0.393 e. The Morgan fingerprint density at radius 3 is 2.62 bits per heavy atom. The monoisotopic (exact) mass is 507 g/mol. The van der Waals surface area contributed by atoms with Gasteiger partial charge < -0.3 is 15.1 Å². The number of hydrogen-bond donors (Lipinski definition) is 2. The first-order valence-electron chi connectivity index (χ1n) is 15.4. The van der Waals surface area contributed by atoms with Crippen molar-refractivity contribution in [2.24, 2.45) is 46.3 Å². The topological polar surface area (TPSA) is 60.8 Å². The Bertz CT molecular complexity index is 1010. The first kappa shape index (κ1) is 25.9. The maximum Gasteiger partial charge on any atom is 0.222 e. The number of carbonyl (C=O) groups is 1. The van der Waals surface area contributed by atoms with Crippen LogP contribution in [-0.4, -0.2) is 39.8 Å². The second-order valence-electron chi connectivity index (χ2n) is 14.2. The molecule has 4 saturated carbocycles. The van der Waals surface area contributed by atoms with E-state index in [0.29, 0.717) is 41.9 Å². The van der Waals surface area contributed by atoms with Gasteiger partial charge in [-0.2, -0.15) is 0 Å². The van der Waals surface area contributed by atoms with Crippen LogP contribution in [0.25, 0.3) is 0 Å². The maximum atomic E-state index is 13.2. The van der Waals surface area contributed by atoms with Crippen LogP contribution in [0.3, 0.4) is 0 Å². The Morgan fingerprint density at radius 1 is 1.03 bits per heavy atom. The fourth-order valence-electron chi connectivity index (χ4n) is 10.6. The van der Waals surface area contributed by atoms with E-state index >= 15 is 0 Å². The molecule has 5 aliphatic rings. The van der Waals surface area contributed by atoms with Gasteiger partial charge in [0.05, 0.1) is 12.2 Å². The first-order valence-corrected chi connectivity index (χ1v) is 15.4. The van der Waals surface area contributed by atoms with Gasteiger partial charge in [-0.1, -0.05) is 45.0 Å². The number of benzene rings is 1. The summed E-state index contributed by atoms with van der Waals surface area (Å²) >= 11 is 0. The van der Waals surface area contributed by atoms with Crippen molar-refractivity contribution < 1.29 is 15.0 Å². The van der Waals surface area contributed by atoms with Crippen molar-refractivity contribution in [3.63, 3.8) is 0 Å². The number of nitrogens with zero attached hydrogens (tertiary/aromatic N) is 1. The molecular weight excluding hydrogens is 458 g/mol. The summed E-state index contributed by atoms with van der Waals surface area (Å²) < 4.78 is 0. The molecule has 37 heavy (non-hydrogen) atoms. The second-order valence-corrected chi connectivity index (χ2v) is 14.2. The van der Waals surface area contributed by atoms with Crippen molar-refractivity contribution in [3.8, 4) is 0 Å². The lowest BCUT2D eigenvalue weighted by Gasteiger charge is -2.62. The Hall–Kier alpha value is -1.39. The molecule has 2 N–H and O–H groups in total. The van der Waals surface area contributed by atoms with E-state index in [4.69, 9.17) is 0 Å². The van der Waals surface area contributed by atoms with Gasteiger partial charge in [0.15, 0.2) is 0 Å². The summed E-state index contributed by atoms with van der Waals surface area (Å²) in [4.78, 5) is 15.3. The van der Waals surface area contributed by atoms with Crippen LogP contribution in [0.4, 0.5) is 0 Å². The van der Waals surface area contributed by atoms with Crippen LogP contribution in [0, 0.1) is 46.3 Å². The van der Waals surface area contributed by atoms with Crippen LogP contribution >= 0.6 is 0 Å². The van der Waals surface area contributed by atoms with Gasteiger partial charge in [-0.3, -0.25) is 4.79 Å². The molecule has 0 saturated heterocycles. The lowest BCUT2D eigenvalue weighted by Crippen LogP contribution is -2.58. The highest BCUT2D eigenvalue weighted by Gasteiger charge is 2.63. The number of aliphatic hydroxyl groups is 2. The summed E-state index contributed by atoms with van der Waals surface area (Å²) in [6, 6.07) is 8.54. The molecule has 0 aromatic heterocycles. The first-order chi connectivity index (χ1) is 17.7. The fraction of sp³-hybridized carbons (Fsp3) is 0.788. The fourth-order valence-corrected chi connectivity index (χ4v) is 10.6. The molecule has 4 fully saturated rings. The zero-order valence-electron chi connectivity index (χ0n) is 23.4. The zero-order valence-corrected chi connectivity index (χ0v) is 23.4. The van der Waals surface area contributed by atoms with Gasteiger partial charge in [-0.05, 0) is 122 Å². The smallest absolute Gasteiger partial charge is 0.222 e. The van der Waals surface area contributed by atoms with E-state index in [2.05, 4.69) is 49.9 Å². The second kappa shape index (κ2) is 9.66. The lowest BCUT2D eigenvalue weighted by molar-refractivity contribution is -0.175. The molecule has 1 aromatic carbocycles. The minimum Gasteiger partial charge on any atom is -0.393 e. The molecule has 6 rings (SSSR count). The molecule has 4 heteroatoms. The van der Waals surface area contributed by atoms with Crippen molar-refractivity contribution >= 4 is 5.91 Å². The quantitative estimate of drug-likeness (QED) is 0.527. The van der Waals surface area contributed by atoms with E-state index in [1.54, 1.807) is 0 Å². The Labute approximate surface area is 224 Å². The molecule has 1 aromatic rings. The Morgan fingerprint density at radius 2 is 1.81 bits per heavy atom. The van der Waals surface area contributed by atoms with Crippen LogP contribution in [0.2, 0.25) is 0 Å². The molecule has 10 atom stereocenters. The average Bonchev–Trinajstić information content (AvgIpc) is 3.26. The van der Waals surface area contributed by atoms with Crippen LogP contribution < -0.4 is 0 Å². The third-order valence-corrected chi connectivity index (χ3v) is 12.8. The van der Waals surface area contributed by atoms with Gasteiger partial charge in [0, 0.05) is 19.5 Å². The standard InChI is InChI=1S/C33H49NO3/c1-21(8-13-31(37)34-17-15-22-6-4-5-7-23(22)20-34)27-11-12-28-26-10-9-24-18-25(35)14-16-32(24,2)29(26)19-30(36)33(27,28)3/h4-7,21,24-30,35-36H,8-20H2,1-3H3/t21-,24-,25-,26+,27-,28+,29+,30+,32+,33-/m1/s1. The SMILES string of the molecule is C[C@H](CCC(=O)N1CCc2ccccc2C1)[C@H]1CC[C@H]2[C@@H]3CC[C@@H]4C[C@H](O)CC[C@]4(C)[C@H]3C[C@H](O)[C@]12C. The van der Waals surface area contributed by atoms with Crippen LogP contribution in [-0.2, 0) is 17.8 Å². The van der Waals surface area contributed by atoms with Crippen molar-refractivity contribution in [3.05, 3.63) is 35.4 Å². The van der Waals surface area contributed by atoms with Crippen molar-refractivity contribution in [1.82, 2.24) is 4.90 Å². The minimum atomic E-state index is -0.245. The molecule has 0 unspecified atom stereocenters. The minimum absolute atomic E-state index is 0.0227. The zero-order chi connectivity index (χ0) is 25.9. The summed E-state index contributed by atoms with van der Waals surface area (Å²) in [5.74, 6) is 3.81. The summed E-state index contributed by atoms with van der Waals surface area (Å²) in [6.45, 7) is 8.86. The van der Waals surface area contributed by atoms with E-state index in [-0.39, 0.29) is 23.0 Å². The van der Waals surface area contributed by atoms with Gasteiger partial charge in [-0.25, -0.2) is 0 Å². The normalized spacial score (nSPS) is 43.8. The molecule has 4 nitrogen and oxygen atoms in total. The van der Waals surface area contributed by atoms with Crippen molar-refractivity contribution in [2.75, 3.05) is 6.54 Å². The summed E-state index contributed by atoms with van der Waals surface area (Å²) in [6.07, 6.45) is 11.1. The highest BCUT2D eigenvalue weighted by atomic mass is 16.3. The average molecular weight is 508 g/mol. The molecular formula is C33H49NO3. The van der Waals surface area contributed by atoms with Crippen LogP contribution in [0.1, 0.15) is 96.1 Å². The van der Waals surface area contributed by atoms with E-state index in [0.717, 1.165) is 57.5 Å². The molecule has 1 amide bonds. The predicted molar refractivity (Wildman–Crippen MR) is 147 cm³/mol. The van der Waals surface area contributed by atoms with E-state index in [9.17, 15) is 15.0 Å². The van der Waals surface area contributed by atoms with E-state index in [1.807, 2.05) is 0 Å². The summed E-state index contributed by atoms with van der Waals surface area (Å²) in [5.41, 5.74) is 2.96. The van der Waals surface area contributed by atoms with Crippen molar-refractivity contribution in [2.45, 2.75) is 110 Å². The molecule has 0 spiro atoms. The molecule has 0 bridgehead atoms. The maximum absolute atomic E-state index is 13.2. The number of hydrogen-bond acceptors (Lipinski definition) is 3.